The molecule has 0 aromatic heterocycles. The minimum absolute atomic E-state index is 0.0543. The summed E-state index contributed by atoms with van der Waals surface area (Å²) in [7, 11) is 4.76. The maximum atomic E-state index is 13.1. The zero-order valence-electron chi connectivity index (χ0n) is 26.7. The van der Waals surface area contributed by atoms with Gasteiger partial charge in [-0.1, -0.05) is 25.7 Å². The van der Waals surface area contributed by atoms with E-state index in [1.54, 1.807) is 0 Å². The number of hydrogen-bond donors (Lipinski definition) is 0. The molecule has 2 fully saturated rings. The molecule has 0 aliphatic heterocycles. The smallest absolute Gasteiger partial charge is 0.435 e. The molecule has 4 nitrogen and oxygen atoms in total. The van der Waals surface area contributed by atoms with Crippen molar-refractivity contribution < 1.29 is 53.7 Å². The largest absolute Gasteiger partial charge is 0.494 e. The minimum atomic E-state index is -6.73. The van der Waals surface area contributed by atoms with Crippen LogP contribution < -0.4 is 4.74 Å². The number of aryl methyl sites for hydroxylation is 1. The molecule has 0 saturated heterocycles. The summed E-state index contributed by atoms with van der Waals surface area (Å²) in [6, 6.07) is 6.53. The summed E-state index contributed by atoms with van der Waals surface area (Å²) in [4.78, 5) is 1.31. The van der Waals surface area contributed by atoms with E-state index in [4.69, 9.17) is 9.47 Å². The van der Waals surface area contributed by atoms with Gasteiger partial charge in [-0.3, -0.25) is 0 Å². The van der Waals surface area contributed by atoms with E-state index in [1.165, 1.54) is 43.0 Å². The maximum absolute atomic E-state index is 13.1. The van der Waals surface area contributed by atoms with Crippen LogP contribution in [0.15, 0.2) is 18.2 Å². The van der Waals surface area contributed by atoms with Crippen molar-refractivity contribution in [2.75, 3.05) is 40.0 Å². The number of rotatable bonds is 14. The molecule has 0 amide bonds. The molecule has 46 heavy (non-hydrogen) atoms. The quantitative estimate of drug-likeness (QED) is 0.123. The lowest BCUT2D eigenvalue weighted by atomic mass is 9.53. The fourth-order valence-electron chi connectivity index (χ4n) is 8.14. The Morgan fingerprint density at radius 3 is 2.22 bits per heavy atom. The number of hydrogen-bond acceptors (Lipinski definition) is 4. The number of alkyl halides is 9. The lowest BCUT2D eigenvalue weighted by molar-refractivity contribution is -0.457. The third kappa shape index (κ3) is 7.51. The van der Waals surface area contributed by atoms with E-state index in [0.717, 1.165) is 57.3 Å². The van der Waals surface area contributed by atoms with Crippen LogP contribution in [0.4, 0.5) is 39.5 Å². The highest BCUT2D eigenvalue weighted by molar-refractivity contribution is 6.89. The summed E-state index contributed by atoms with van der Waals surface area (Å²) in [5.41, 5.74) is -3.53. The van der Waals surface area contributed by atoms with Crippen LogP contribution in [-0.4, -0.2) is 90.0 Å². The average Bonchev–Trinajstić information content (AvgIpc) is 3.29. The first-order valence-corrected chi connectivity index (χ1v) is 16.4. The van der Waals surface area contributed by atoms with Crippen LogP contribution in [0.3, 0.4) is 0 Å². The fraction of sp³-hybridized carbons (Fsp3) is 0.806. The molecule has 3 unspecified atom stereocenters. The normalized spacial score (nSPS) is 26.9. The molecule has 4 rings (SSSR count). The number of unbranched alkanes of at least 4 members (excludes halogenated alkanes) is 1. The van der Waals surface area contributed by atoms with E-state index >= 15 is 0 Å². The van der Waals surface area contributed by atoms with Crippen molar-refractivity contribution in [2.24, 2.45) is 17.3 Å². The van der Waals surface area contributed by atoms with Crippen LogP contribution in [-0.2, 0) is 15.9 Å². The molecule has 2 saturated carbocycles. The molecule has 15 heteroatoms. The van der Waals surface area contributed by atoms with Crippen LogP contribution in [0.1, 0.15) is 68.9 Å². The number of halogens is 9. The van der Waals surface area contributed by atoms with Crippen molar-refractivity contribution in [1.82, 2.24) is 4.90 Å². The van der Waals surface area contributed by atoms with Gasteiger partial charge in [-0.25, -0.2) is 0 Å². The second-order valence-corrected chi connectivity index (χ2v) is 13.5. The van der Waals surface area contributed by atoms with Gasteiger partial charge >= 0.3 is 24.1 Å². The summed E-state index contributed by atoms with van der Waals surface area (Å²) >= 11 is 0. The third-order valence-corrected chi connectivity index (χ3v) is 10.7. The number of fused-ring (bicyclic) bond motifs is 5. The number of benzene rings is 1. The third-order valence-electron chi connectivity index (χ3n) is 10.7. The molecule has 3 aliphatic rings. The average molecular weight is 671 g/mol. The highest BCUT2D eigenvalue weighted by Crippen LogP contribution is 2.61. The summed E-state index contributed by atoms with van der Waals surface area (Å²) in [5, 5.41) is 0. The fourth-order valence-corrected chi connectivity index (χ4v) is 8.14. The molecule has 5 atom stereocenters. The van der Waals surface area contributed by atoms with Gasteiger partial charge in [-0.2, -0.15) is 39.5 Å². The number of likely N-dealkylation sites (N-methyl/N-ethyl adjacent to an activating group) is 1. The first-order chi connectivity index (χ1) is 21.5. The molecule has 0 bridgehead atoms. The zero-order valence-corrected chi connectivity index (χ0v) is 26.7. The van der Waals surface area contributed by atoms with Gasteiger partial charge in [-0.05, 0) is 98.4 Å². The van der Waals surface area contributed by atoms with Crippen molar-refractivity contribution in [3.8, 4) is 5.75 Å². The highest BCUT2D eigenvalue weighted by Gasteiger charge is 2.85. The second-order valence-electron chi connectivity index (χ2n) is 13.5. The Morgan fingerprint density at radius 2 is 1.57 bits per heavy atom. The van der Waals surface area contributed by atoms with Crippen molar-refractivity contribution in [2.45, 2.75) is 101 Å². The Bertz CT molecular complexity index is 1110. The summed E-state index contributed by atoms with van der Waals surface area (Å²) in [5.74, 6) is 2.39. The molecule has 0 radical (unpaired) electrons. The number of ether oxygens (including phenoxy) is 3. The molecule has 1 aromatic carbocycles. The van der Waals surface area contributed by atoms with Crippen molar-refractivity contribution in [3.05, 3.63) is 29.3 Å². The summed E-state index contributed by atoms with van der Waals surface area (Å²) < 4.78 is 134. The minimum Gasteiger partial charge on any atom is -0.494 e. The van der Waals surface area contributed by atoms with E-state index in [-0.39, 0.29) is 24.7 Å². The molecule has 3 aliphatic carbocycles. The van der Waals surface area contributed by atoms with E-state index < -0.39 is 37.3 Å². The van der Waals surface area contributed by atoms with Crippen LogP contribution in [0.5, 0.6) is 5.75 Å². The monoisotopic (exact) mass is 671 g/mol. The van der Waals surface area contributed by atoms with Crippen LogP contribution >= 0.6 is 0 Å². The predicted molar refractivity (Wildman–Crippen MR) is 160 cm³/mol. The summed E-state index contributed by atoms with van der Waals surface area (Å²) in [6.45, 7) is 1.23. The van der Waals surface area contributed by atoms with Gasteiger partial charge in [0, 0.05) is 13.1 Å². The van der Waals surface area contributed by atoms with Crippen molar-refractivity contribution in [3.63, 3.8) is 0 Å². The van der Waals surface area contributed by atoms with Crippen molar-refractivity contribution in [1.29, 1.82) is 0 Å². The Balaban J connectivity index is 1.27. The Kier molecular flexibility index (Phi) is 11.7. The van der Waals surface area contributed by atoms with E-state index in [9.17, 15) is 39.5 Å². The topological polar surface area (TPSA) is 30.9 Å². The zero-order chi connectivity index (χ0) is 34.0. The first kappa shape index (κ1) is 37.2. The van der Waals surface area contributed by atoms with E-state index in [1.807, 2.05) is 0 Å². The lowest BCUT2D eigenvalue weighted by Gasteiger charge is -2.50. The van der Waals surface area contributed by atoms with Gasteiger partial charge in [0.1, 0.15) is 5.75 Å². The SMILES string of the molecule is BBCCCCOc1ccc2c(c1)CCC1C2CC[C@@]2(C)C1CC[C@@H]2OCCN(C)CCOC(C(F)(F)F)(C(F)(F)F)C(F)(F)F. The van der Waals surface area contributed by atoms with Crippen LogP contribution in [0.2, 0.25) is 6.32 Å². The first-order valence-electron chi connectivity index (χ1n) is 16.4. The molecular weight excluding hydrogens is 627 g/mol. The highest BCUT2D eigenvalue weighted by atomic mass is 19.4. The Morgan fingerprint density at radius 1 is 0.891 bits per heavy atom. The van der Waals surface area contributed by atoms with Gasteiger partial charge in [0.2, 0.25) is 0 Å². The molecule has 0 N–H and O–H groups in total. The van der Waals surface area contributed by atoms with Gasteiger partial charge in [0.15, 0.2) is 0 Å². The van der Waals surface area contributed by atoms with E-state index in [2.05, 4.69) is 37.6 Å². The molecular formula is C31H44B2F9NO3. The molecule has 0 heterocycles. The predicted octanol–water partition coefficient (Wildman–Crippen LogP) is 6.86. The van der Waals surface area contributed by atoms with E-state index in [0.29, 0.717) is 17.8 Å². The van der Waals surface area contributed by atoms with Crippen LogP contribution in [0, 0.1) is 17.3 Å². The van der Waals surface area contributed by atoms with Gasteiger partial charge < -0.3 is 19.1 Å². The number of nitrogens with zero attached hydrogens (tertiary/aromatic N) is 1. The standard InChI is InChI=1S/C31H44B2F9NO3/c1-27-12-11-23-22-8-6-21(44-16-4-3-13-33-32)19-20(22)5-7-24(23)25(27)9-10-26(27)45-17-14-43(2)15-18-46-28(29(34,35)36,30(37,38)39)31(40,41)42/h6,8,19,23-26,33H,3-5,7,9-18,32H2,1-2H3/t23?,24?,25?,26-,27-/m0/s1. The molecule has 0 spiro atoms. The second kappa shape index (κ2) is 14.5. The lowest BCUT2D eigenvalue weighted by Crippen LogP contribution is -2.68. The van der Waals surface area contributed by atoms with Gasteiger partial charge in [0.25, 0.3) is 0 Å². The Hall–Kier alpha value is -1.60. The van der Waals surface area contributed by atoms with Gasteiger partial charge in [0.05, 0.1) is 40.8 Å². The van der Waals surface area contributed by atoms with Crippen LogP contribution in [0.25, 0.3) is 0 Å². The Labute approximate surface area is 266 Å². The van der Waals surface area contributed by atoms with Gasteiger partial charge in [-0.15, -0.1) is 0 Å². The molecule has 260 valence electrons. The molecule has 1 aromatic rings. The summed E-state index contributed by atoms with van der Waals surface area (Å²) in [6.07, 6.45) is -10.9. The maximum Gasteiger partial charge on any atom is 0.435 e. The van der Waals surface area contributed by atoms with Crippen molar-refractivity contribution >= 4 is 14.9 Å².